The summed E-state index contributed by atoms with van der Waals surface area (Å²) in [6.45, 7) is 6.34. The van der Waals surface area contributed by atoms with Crippen molar-refractivity contribution < 1.29 is 14.6 Å². The maximum absolute atomic E-state index is 12.1. The van der Waals surface area contributed by atoms with Gasteiger partial charge in [-0.3, -0.25) is 0 Å². The first kappa shape index (κ1) is 18.0. The number of esters is 1. The van der Waals surface area contributed by atoms with E-state index in [9.17, 15) is 9.90 Å². The van der Waals surface area contributed by atoms with Crippen LogP contribution in [0.5, 0.6) is 5.88 Å². The van der Waals surface area contributed by atoms with Gasteiger partial charge in [0.1, 0.15) is 5.56 Å². The van der Waals surface area contributed by atoms with Crippen LogP contribution in [0.15, 0.2) is 34.5 Å². The highest BCUT2D eigenvalue weighted by atomic mass is 35.5. The van der Waals surface area contributed by atoms with Crippen LogP contribution >= 0.6 is 11.6 Å². The van der Waals surface area contributed by atoms with Gasteiger partial charge in [-0.05, 0) is 37.1 Å². The van der Waals surface area contributed by atoms with Gasteiger partial charge in [-0.25, -0.2) is 4.79 Å². The lowest BCUT2D eigenvalue weighted by molar-refractivity contribution is 0.0600. The molecule has 0 atom stereocenters. The van der Waals surface area contributed by atoms with Gasteiger partial charge in [-0.2, -0.15) is 5.11 Å². The quantitative estimate of drug-likeness (QED) is 0.608. The SMILES string of the molecule is COC(=O)c1c(N=Nc2ccc(Cl)cc2)c(O)n(CC(C)C)c1C. The van der Waals surface area contributed by atoms with Gasteiger partial charge < -0.3 is 14.4 Å². The summed E-state index contributed by atoms with van der Waals surface area (Å²) < 4.78 is 6.46. The first-order chi connectivity index (χ1) is 11.3. The molecule has 0 saturated carbocycles. The van der Waals surface area contributed by atoms with E-state index in [0.717, 1.165) is 0 Å². The molecule has 24 heavy (non-hydrogen) atoms. The second kappa shape index (κ2) is 7.49. The minimum Gasteiger partial charge on any atom is -0.493 e. The van der Waals surface area contributed by atoms with Crippen molar-refractivity contribution in [1.82, 2.24) is 4.57 Å². The van der Waals surface area contributed by atoms with E-state index in [1.165, 1.54) is 7.11 Å². The van der Waals surface area contributed by atoms with E-state index in [0.29, 0.717) is 22.9 Å². The Morgan fingerprint density at radius 1 is 1.29 bits per heavy atom. The number of rotatable bonds is 5. The topological polar surface area (TPSA) is 76.2 Å². The van der Waals surface area contributed by atoms with E-state index in [4.69, 9.17) is 16.3 Å². The van der Waals surface area contributed by atoms with E-state index in [1.54, 1.807) is 35.8 Å². The zero-order valence-corrected chi connectivity index (χ0v) is 14.8. The highest BCUT2D eigenvalue weighted by molar-refractivity contribution is 6.30. The molecule has 7 heteroatoms. The number of hydrogen-bond acceptors (Lipinski definition) is 5. The smallest absolute Gasteiger partial charge is 0.342 e. The summed E-state index contributed by atoms with van der Waals surface area (Å²) in [6, 6.07) is 6.76. The van der Waals surface area contributed by atoms with Gasteiger partial charge >= 0.3 is 5.97 Å². The predicted molar refractivity (Wildman–Crippen MR) is 92.6 cm³/mol. The number of carbonyl (C=O) groups is 1. The van der Waals surface area contributed by atoms with Crippen LogP contribution in [0.1, 0.15) is 29.9 Å². The molecule has 6 nitrogen and oxygen atoms in total. The first-order valence-corrected chi connectivity index (χ1v) is 7.90. The van der Waals surface area contributed by atoms with Crippen molar-refractivity contribution in [2.75, 3.05) is 7.11 Å². The average Bonchev–Trinajstić information content (AvgIpc) is 2.77. The van der Waals surface area contributed by atoms with Crippen LogP contribution in [0.2, 0.25) is 5.02 Å². The minimum absolute atomic E-state index is 0.0979. The molecule has 0 aliphatic heterocycles. The van der Waals surface area contributed by atoms with Gasteiger partial charge in [0.2, 0.25) is 5.88 Å². The van der Waals surface area contributed by atoms with Gasteiger partial charge in [0, 0.05) is 17.3 Å². The number of aromatic hydroxyl groups is 1. The second-order valence-corrected chi connectivity index (χ2v) is 6.24. The number of ether oxygens (including phenoxy) is 1. The Morgan fingerprint density at radius 3 is 2.46 bits per heavy atom. The maximum Gasteiger partial charge on any atom is 0.342 e. The molecule has 1 N–H and O–H groups in total. The highest BCUT2D eigenvalue weighted by Crippen LogP contribution is 2.38. The number of methoxy groups -OCH3 is 1. The van der Waals surface area contributed by atoms with Gasteiger partial charge in [-0.1, -0.05) is 25.4 Å². The molecule has 2 rings (SSSR count). The zero-order valence-electron chi connectivity index (χ0n) is 14.1. The summed E-state index contributed by atoms with van der Waals surface area (Å²) in [7, 11) is 1.29. The van der Waals surface area contributed by atoms with Crippen molar-refractivity contribution in [2.45, 2.75) is 27.3 Å². The van der Waals surface area contributed by atoms with Crippen LogP contribution in [-0.2, 0) is 11.3 Å². The van der Waals surface area contributed by atoms with Gasteiger partial charge in [-0.15, -0.1) is 5.11 Å². The Hall–Kier alpha value is -2.34. The lowest BCUT2D eigenvalue weighted by Gasteiger charge is -2.10. The Balaban J connectivity index is 2.50. The van der Waals surface area contributed by atoms with Crippen molar-refractivity contribution in [3.63, 3.8) is 0 Å². The van der Waals surface area contributed by atoms with Crippen LogP contribution in [0.3, 0.4) is 0 Å². The van der Waals surface area contributed by atoms with Crippen molar-refractivity contribution in [2.24, 2.45) is 16.1 Å². The molecule has 0 radical (unpaired) electrons. The van der Waals surface area contributed by atoms with E-state index in [-0.39, 0.29) is 23.0 Å². The number of hydrogen-bond donors (Lipinski definition) is 1. The molecule has 1 aromatic carbocycles. The van der Waals surface area contributed by atoms with E-state index in [2.05, 4.69) is 10.2 Å². The number of halogens is 1. The molecular weight excluding hydrogens is 330 g/mol. The molecule has 0 bridgehead atoms. The number of nitrogens with zero attached hydrogens (tertiary/aromatic N) is 3. The van der Waals surface area contributed by atoms with Crippen molar-refractivity contribution >= 4 is 28.9 Å². The molecule has 0 amide bonds. The summed E-state index contributed by atoms with van der Waals surface area (Å²) in [6.07, 6.45) is 0. The first-order valence-electron chi connectivity index (χ1n) is 7.52. The van der Waals surface area contributed by atoms with E-state index < -0.39 is 5.97 Å². The molecule has 0 spiro atoms. The van der Waals surface area contributed by atoms with Crippen LogP contribution in [0.25, 0.3) is 0 Å². The minimum atomic E-state index is -0.560. The Morgan fingerprint density at radius 2 is 1.92 bits per heavy atom. The number of aromatic nitrogens is 1. The molecular formula is C17H20ClN3O3. The van der Waals surface area contributed by atoms with Gasteiger partial charge in [0.15, 0.2) is 5.69 Å². The molecule has 2 aromatic rings. The summed E-state index contributed by atoms with van der Waals surface area (Å²) in [5.74, 6) is -0.372. The molecule has 1 aromatic heterocycles. The largest absolute Gasteiger partial charge is 0.493 e. The maximum atomic E-state index is 12.1. The monoisotopic (exact) mass is 349 g/mol. The molecule has 0 aliphatic rings. The molecule has 0 fully saturated rings. The fourth-order valence-corrected chi connectivity index (χ4v) is 2.48. The van der Waals surface area contributed by atoms with Gasteiger partial charge in [0.05, 0.1) is 12.8 Å². The van der Waals surface area contributed by atoms with E-state index >= 15 is 0 Å². The normalized spacial score (nSPS) is 11.4. The second-order valence-electron chi connectivity index (χ2n) is 5.81. The fourth-order valence-electron chi connectivity index (χ4n) is 2.35. The fraction of sp³-hybridized carbons (Fsp3) is 0.353. The van der Waals surface area contributed by atoms with E-state index in [1.807, 2.05) is 13.8 Å². The zero-order chi connectivity index (χ0) is 17.9. The molecule has 0 aliphatic carbocycles. The number of carbonyl (C=O) groups excluding carboxylic acids is 1. The summed E-state index contributed by atoms with van der Waals surface area (Å²) in [4.78, 5) is 12.1. The molecule has 0 unspecified atom stereocenters. The number of azo groups is 1. The Labute approximate surface area is 145 Å². The molecule has 128 valence electrons. The average molecular weight is 350 g/mol. The summed E-state index contributed by atoms with van der Waals surface area (Å²) in [5, 5.41) is 19.2. The Kier molecular flexibility index (Phi) is 5.62. The third-order valence-corrected chi connectivity index (χ3v) is 3.75. The van der Waals surface area contributed by atoms with Crippen LogP contribution < -0.4 is 0 Å². The van der Waals surface area contributed by atoms with Crippen LogP contribution in [-0.4, -0.2) is 22.8 Å². The summed E-state index contributed by atoms with van der Waals surface area (Å²) >= 11 is 5.84. The van der Waals surface area contributed by atoms with Crippen molar-refractivity contribution in [1.29, 1.82) is 0 Å². The lowest BCUT2D eigenvalue weighted by atomic mass is 10.2. The molecule has 0 saturated heterocycles. The molecule has 1 heterocycles. The predicted octanol–water partition coefficient (Wildman–Crippen LogP) is 5.01. The van der Waals surface area contributed by atoms with Crippen LogP contribution in [0, 0.1) is 12.8 Å². The lowest BCUT2D eigenvalue weighted by Crippen LogP contribution is -2.08. The number of benzene rings is 1. The van der Waals surface area contributed by atoms with Crippen molar-refractivity contribution in [3.8, 4) is 5.88 Å². The Bertz CT molecular complexity index is 764. The highest BCUT2D eigenvalue weighted by Gasteiger charge is 2.26. The van der Waals surface area contributed by atoms with Crippen molar-refractivity contribution in [3.05, 3.63) is 40.5 Å². The van der Waals surface area contributed by atoms with Crippen LogP contribution in [0.4, 0.5) is 11.4 Å². The van der Waals surface area contributed by atoms with Gasteiger partial charge in [0.25, 0.3) is 0 Å². The third kappa shape index (κ3) is 3.76. The standard InChI is InChI=1S/C17H20ClN3O3/c1-10(2)9-21-11(3)14(17(23)24-4)15(16(21)22)20-19-13-7-5-12(18)6-8-13/h5-8,10,22H,9H2,1-4H3. The summed E-state index contributed by atoms with van der Waals surface area (Å²) in [5.41, 5.74) is 1.48. The third-order valence-electron chi connectivity index (χ3n) is 3.50.